The summed E-state index contributed by atoms with van der Waals surface area (Å²) >= 11 is 0. The number of hydrogen-bond acceptors (Lipinski definition) is 2. The van der Waals surface area contributed by atoms with E-state index in [-0.39, 0.29) is 0 Å². The summed E-state index contributed by atoms with van der Waals surface area (Å²) in [6.45, 7) is 4.52. The van der Waals surface area contributed by atoms with Gasteiger partial charge in [-0.3, -0.25) is 4.99 Å². The average Bonchev–Trinajstić information content (AvgIpc) is 1.64. The first-order valence-corrected chi connectivity index (χ1v) is 2.61. The summed E-state index contributed by atoms with van der Waals surface area (Å²) in [7, 11) is 0. The normalized spacial score (nSPS) is 18.8. The minimum Gasteiger partial charge on any atom is -0.493 e. The van der Waals surface area contributed by atoms with Crippen molar-refractivity contribution < 1.29 is 4.74 Å². The highest BCUT2D eigenvalue weighted by Crippen LogP contribution is 2.01. The quantitative estimate of drug-likeness (QED) is 0.462. The summed E-state index contributed by atoms with van der Waals surface area (Å²) < 4.78 is 5.00. The fraction of sp³-hybridized carbons (Fsp3) is 0.500. The van der Waals surface area contributed by atoms with Gasteiger partial charge in [-0.15, -0.1) is 0 Å². The van der Waals surface area contributed by atoms with Crippen LogP contribution in [0, 0.1) is 0 Å². The molecule has 0 aromatic carbocycles. The molecule has 0 saturated heterocycles. The first-order valence-electron chi connectivity index (χ1n) is 2.61. The number of rotatable bonds is 0. The van der Waals surface area contributed by atoms with E-state index >= 15 is 0 Å². The van der Waals surface area contributed by atoms with Crippen molar-refractivity contribution in [3.63, 3.8) is 0 Å². The molecular formula is C6H9NO. The molecule has 0 aromatic heterocycles. The highest BCUT2D eigenvalue weighted by molar-refractivity contribution is 5.84. The summed E-state index contributed by atoms with van der Waals surface area (Å²) in [5.74, 6) is 0. The first kappa shape index (κ1) is 5.35. The molecular weight excluding hydrogens is 102 g/mol. The molecule has 0 aromatic rings. The van der Waals surface area contributed by atoms with E-state index in [1.165, 1.54) is 0 Å². The Morgan fingerprint density at radius 3 is 2.75 bits per heavy atom. The van der Waals surface area contributed by atoms with Crippen molar-refractivity contribution in [1.29, 1.82) is 0 Å². The number of ether oxygens (including phenoxy) is 1. The van der Waals surface area contributed by atoms with Crippen LogP contribution in [0.5, 0.6) is 0 Å². The molecule has 0 amide bonds. The Kier molecular flexibility index (Phi) is 1.33. The molecule has 2 heteroatoms. The van der Waals surface area contributed by atoms with Crippen LogP contribution in [-0.4, -0.2) is 12.3 Å². The summed E-state index contributed by atoms with van der Waals surface area (Å²) in [6, 6.07) is 0. The van der Waals surface area contributed by atoms with Gasteiger partial charge in [0.2, 0.25) is 0 Å². The maximum atomic E-state index is 5.00. The molecule has 2 nitrogen and oxygen atoms in total. The molecule has 1 aliphatic rings. The van der Waals surface area contributed by atoms with Crippen LogP contribution in [0.25, 0.3) is 0 Å². The van der Waals surface area contributed by atoms with E-state index in [0.717, 1.165) is 11.4 Å². The van der Waals surface area contributed by atoms with Crippen LogP contribution >= 0.6 is 0 Å². The molecule has 0 saturated carbocycles. The highest BCUT2D eigenvalue weighted by Gasteiger charge is 1.96. The Labute approximate surface area is 48.9 Å². The second-order valence-electron chi connectivity index (χ2n) is 1.92. The Bertz CT molecular complexity index is 147. The first-order chi connectivity index (χ1) is 3.79. The standard InChI is InChI=1S/C6H9NO/c1-5-3-8-4-6(2)7-5/h3H,4H2,1-2H3. The molecule has 0 unspecified atom stereocenters. The van der Waals surface area contributed by atoms with Gasteiger partial charge in [-0.05, 0) is 13.8 Å². The smallest absolute Gasteiger partial charge is 0.125 e. The summed E-state index contributed by atoms with van der Waals surface area (Å²) in [4.78, 5) is 4.14. The predicted molar refractivity (Wildman–Crippen MR) is 32.8 cm³/mol. The lowest BCUT2D eigenvalue weighted by atomic mass is 10.4. The van der Waals surface area contributed by atoms with Gasteiger partial charge in [0.05, 0.1) is 11.4 Å². The van der Waals surface area contributed by atoms with E-state index in [4.69, 9.17) is 4.74 Å². The predicted octanol–water partition coefficient (Wildman–Crippen LogP) is 1.34. The van der Waals surface area contributed by atoms with Crippen molar-refractivity contribution in [3.8, 4) is 0 Å². The van der Waals surface area contributed by atoms with E-state index in [9.17, 15) is 0 Å². The van der Waals surface area contributed by atoms with Crippen LogP contribution in [0.2, 0.25) is 0 Å². The van der Waals surface area contributed by atoms with E-state index in [0.29, 0.717) is 6.61 Å². The molecule has 0 bridgehead atoms. The Balaban J connectivity index is 2.69. The van der Waals surface area contributed by atoms with Gasteiger partial charge in [0, 0.05) is 0 Å². The number of nitrogens with zero attached hydrogens (tertiary/aromatic N) is 1. The van der Waals surface area contributed by atoms with Gasteiger partial charge in [0.1, 0.15) is 12.9 Å². The van der Waals surface area contributed by atoms with Gasteiger partial charge in [0.25, 0.3) is 0 Å². The topological polar surface area (TPSA) is 21.6 Å². The molecule has 1 aliphatic heterocycles. The van der Waals surface area contributed by atoms with E-state index in [1.807, 2.05) is 13.8 Å². The zero-order chi connectivity index (χ0) is 5.98. The number of aliphatic imine (C=N–C) groups is 1. The van der Waals surface area contributed by atoms with E-state index in [2.05, 4.69) is 4.99 Å². The fourth-order valence-corrected chi connectivity index (χ4v) is 0.643. The SMILES string of the molecule is CC1=COCC(C)=N1. The third-order valence-electron chi connectivity index (χ3n) is 0.913. The van der Waals surface area contributed by atoms with E-state index in [1.54, 1.807) is 6.26 Å². The maximum Gasteiger partial charge on any atom is 0.125 e. The van der Waals surface area contributed by atoms with Crippen LogP contribution in [0.1, 0.15) is 13.8 Å². The van der Waals surface area contributed by atoms with E-state index < -0.39 is 0 Å². The molecule has 44 valence electrons. The van der Waals surface area contributed by atoms with Crippen LogP contribution < -0.4 is 0 Å². The zero-order valence-electron chi connectivity index (χ0n) is 5.14. The lowest BCUT2D eigenvalue weighted by Crippen LogP contribution is -2.05. The van der Waals surface area contributed by atoms with Gasteiger partial charge in [-0.2, -0.15) is 0 Å². The third-order valence-corrected chi connectivity index (χ3v) is 0.913. The van der Waals surface area contributed by atoms with Gasteiger partial charge < -0.3 is 4.74 Å². The van der Waals surface area contributed by atoms with Crippen LogP contribution in [0.4, 0.5) is 0 Å². The van der Waals surface area contributed by atoms with Crippen molar-refractivity contribution in [1.82, 2.24) is 0 Å². The number of hydrogen-bond donors (Lipinski definition) is 0. The largest absolute Gasteiger partial charge is 0.493 e. The summed E-state index contributed by atoms with van der Waals surface area (Å²) in [5, 5.41) is 0. The van der Waals surface area contributed by atoms with Crippen LogP contribution in [0.3, 0.4) is 0 Å². The zero-order valence-corrected chi connectivity index (χ0v) is 5.14. The van der Waals surface area contributed by atoms with Crippen molar-refractivity contribution >= 4 is 5.71 Å². The summed E-state index contributed by atoms with van der Waals surface area (Å²) in [6.07, 6.45) is 1.67. The van der Waals surface area contributed by atoms with Crippen molar-refractivity contribution in [3.05, 3.63) is 12.0 Å². The monoisotopic (exact) mass is 111 g/mol. The lowest BCUT2D eigenvalue weighted by molar-refractivity contribution is 0.292. The lowest BCUT2D eigenvalue weighted by Gasteiger charge is -2.06. The molecule has 8 heavy (non-hydrogen) atoms. The Morgan fingerprint density at radius 1 is 1.62 bits per heavy atom. The minimum absolute atomic E-state index is 0.650. The fourth-order valence-electron chi connectivity index (χ4n) is 0.643. The Morgan fingerprint density at radius 2 is 2.38 bits per heavy atom. The summed E-state index contributed by atoms with van der Waals surface area (Å²) in [5.41, 5.74) is 2.00. The molecule has 0 aliphatic carbocycles. The molecule has 0 atom stereocenters. The molecule has 1 heterocycles. The molecule has 0 N–H and O–H groups in total. The van der Waals surface area contributed by atoms with Crippen LogP contribution in [-0.2, 0) is 4.74 Å². The minimum atomic E-state index is 0.650. The molecule has 0 spiro atoms. The van der Waals surface area contributed by atoms with Gasteiger partial charge in [-0.1, -0.05) is 0 Å². The van der Waals surface area contributed by atoms with Crippen molar-refractivity contribution in [2.75, 3.05) is 6.61 Å². The van der Waals surface area contributed by atoms with Crippen molar-refractivity contribution in [2.24, 2.45) is 4.99 Å². The van der Waals surface area contributed by atoms with Gasteiger partial charge in [0.15, 0.2) is 0 Å². The van der Waals surface area contributed by atoms with Crippen LogP contribution in [0.15, 0.2) is 17.0 Å². The molecule has 0 radical (unpaired) electrons. The second-order valence-corrected chi connectivity index (χ2v) is 1.92. The van der Waals surface area contributed by atoms with Gasteiger partial charge in [-0.25, -0.2) is 0 Å². The number of allylic oxidation sites excluding steroid dienone is 1. The molecule has 1 rings (SSSR count). The molecule has 0 fully saturated rings. The third kappa shape index (κ3) is 1.09. The van der Waals surface area contributed by atoms with Crippen molar-refractivity contribution in [2.45, 2.75) is 13.8 Å². The second kappa shape index (κ2) is 1.99. The highest BCUT2D eigenvalue weighted by atomic mass is 16.5. The maximum absolute atomic E-state index is 5.00. The average molecular weight is 111 g/mol. The Hall–Kier alpha value is -0.790. The van der Waals surface area contributed by atoms with Gasteiger partial charge >= 0.3 is 0 Å².